The van der Waals surface area contributed by atoms with Crippen molar-refractivity contribution >= 4 is 29.0 Å². The number of hydrogen-bond donors (Lipinski definition) is 3. The highest BCUT2D eigenvalue weighted by Gasteiger charge is 2.17. The fraction of sp³-hybridized carbons (Fsp3) is 0.471. The molecule has 1 aromatic carbocycles. The molecule has 0 spiro atoms. The third-order valence-electron chi connectivity index (χ3n) is 4.12. The second-order valence-corrected chi connectivity index (χ2v) is 6.46. The van der Waals surface area contributed by atoms with Crippen molar-refractivity contribution in [2.75, 3.05) is 6.61 Å². The Kier molecular flexibility index (Phi) is 5.90. The molecule has 130 valence electrons. The van der Waals surface area contributed by atoms with Gasteiger partial charge < -0.3 is 15.4 Å². The molecule has 1 heterocycles. The summed E-state index contributed by atoms with van der Waals surface area (Å²) in [5.41, 5.74) is 0.833. The Labute approximate surface area is 145 Å². The van der Waals surface area contributed by atoms with E-state index in [-0.39, 0.29) is 30.0 Å². The number of nitrogens with zero attached hydrogens (tertiary/aromatic N) is 1. The normalized spacial score (nSPS) is 12.5. The zero-order valence-corrected chi connectivity index (χ0v) is 14.9. The minimum absolute atomic E-state index is 0.0183. The van der Waals surface area contributed by atoms with Gasteiger partial charge in [0, 0.05) is 24.8 Å². The van der Waals surface area contributed by atoms with Crippen LogP contribution in [0.1, 0.15) is 37.6 Å². The number of fused-ring (bicyclic) bond motifs is 1. The first-order valence-corrected chi connectivity index (χ1v) is 8.48. The van der Waals surface area contributed by atoms with Gasteiger partial charge in [-0.3, -0.25) is 14.2 Å². The molecule has 0 unspecified atom stereocenters. The number of carbonyl (C=O) groups excluding carboxylic acids is 1. The van der Waals surface area contributed by atoms with Crippen molar-refractivity contribution in [2.24, 2.45) is 5.92 Å². The molecule has 0 saturated heterocycles. The predicted molar refractivity (Wildman–Crippen MR) is 96.9 cm³/mol. The molecule has 1 amide bonds. The molecule has 0 aliphatic rings. The maximum atomic E-state index is 12.5. The summed E-state index contributed by atoms with van der Waals surface area (Å²) in [6.07, 6.45) is 0.501. The molecule has 0 aliphatic heterocycles. The summed E-state index contributed by atoms with van der Waals surface area (Å²) in [4.78, 5) is 27.8. The summed E-state index contributed by atoms with van der Waals surface area (Å²) in [5.74, 6) is -0.0211. The summed E-state index contributed by atoms with van der Waals surface area (Å²) in [5, 5.41) is 12.5. The van der Waals surface area contributed by atoms with Crippen LogP contribution in [0.4, 0.5) is 0 Å². The molecule has 1 atom stereocenters. The first kappa shape index (κ1) is 18.4. The number of rotatable bonds is 6. The molecule has 0 aliphatic carbocycles. The van der Waals surface area contributed by atoms with Gasteiger partial charge in [-0.1, -0.05) is 13.8 Å². The Hall–Kier alpha value is -1.99. The van der Waals surface area contributed by atoms with Crippen molar-refractivity contribution in [3.8, 4) is 0 Å². The average Bonchev–Trinajstić information content (AvgIpc) is 2.54. The average molecular weight is 349 g/mol. The molecule has 0 fully saturated rings. The predicted octanol–water partition coefficient (Wildman–Crippen LogP) is 2.22. The summed E-state index contributed by atoms with van der Waals surface area (Å²) in [6.45, 7) is 6.34. The van der Waals surface area contributed by atoms with E-state index in [1.807, 2.05) is 20.8 Å². The van der Waals surface area contributed by atoms with E-state index in [0.29, 0.717) is 34.2 Å². The highest BCUT2D eigenvalue weighted by Crippen LogP contribution is 2.13. The van der Waals surface area contributed by atoms with Crippen LogP contribution in [0.2, 0.25) is 0 Å². The molecular formula is C17H23N3O3S. The van der Waals surface area contributed by atoms with Crippen LogP contribution in [-0.2, 0) is 6.54 Å². The smallest absolute Gasteiger partial charge is 0.262 e. The van der Waals surface area contributed by atoms with Crippen LogP contribution in [0.5, 0.6) is 0 Å². The quantitative estimate of drug-likeness (QED) is 0.698. The zero-order chi connectivity index (χ0) is 17.9. The van der Waals surface area contributed by atoms with Crippen molar-refractivity contribution in [1.29, 1.82) is 0 Å². The van der Waals surface area contributed by atoms with Crippen LogP contribution >= 0.6 is 12.2 Å². The Morgan fingerprint density at radius 1 is 1.42 bits per heavy atom. The summed E-state index contributed by atoms with van der Waals surface area (Å²) in [6, 6.07) is 4.80. The van der Waals surface area contributed by atoms with Crippen LogP contribution in [0.25, 0.3) is 10.9 Å². The molecule has 6 nitrogen and oxygen atoms in total. The third kappa shape index (κ3) is 3.73. The van der Waals surface area contributed by atoms with E-state index in [0.717, 1.165) is 0 Å². The van der Waals surface area contributed by atoms with Gasteiger partial charge in [-0.15, -0.1) is 0 Å². The van der Waals surface area contributed by atoms with Crippen molar-refractivity contribution < 1.29 is 9.90 Å². The number of benzene rings is 1. The summed E-state index contributed by atoms with van der Waals surface area (Å²) < 4.78 is 1.82. The molecule has 24 heavy (non-hydrogen) atoms. The molecule has 0 saturated carbocycles. The van der Waals surface area contributed by atoms with Crippen molar-refractivity contribution in [1.82, 2.24) is 14.9 Å². The third-order valence-corrected chi connectivity index (χ3v) is 4.44. The fourth-order valence-corrected chi connectivity index (χ4v) is 2.97. The van der Waals surface area contributed by atoms with Gasteiger partial charge in [-0.05, 0) is 49.7 Å². The van der Waals surface area contributed by atoms with E-state index in [1.165, 1.54) is 4.57 Å². The van der Waals surface area contributed by atoms with Crippen LogP contribution in [0.15, 0.2) is 23.0 Å². The van der Waals surface area contributed by atoms with Gasteiger partial charge in [-0.25, -0.2) is 0 Å². The largest absolute Gasteiger partial charge is 0.396 e. The first-order valence-electron chi connectivity index (χ1n) is 8.07. The van der Waals surface area contributed by atoms with Gasteiger partial charge in [0.25, 0.3) is 11.5 Å². The molecule has 2 rings (SSSR count). The molecule has 0 radical (unpaired) electrons. The van der Waals surface area contributed by atoms with Gasteiger partial charge >= 0.3 is 0 Å². The topological polar surface area (TPSA) is 87.1 Å². The number of H-pyrrole nitrogens is 1. The van der Waals surface area contributed by atoms with Crippen LogP contribution in [-0.4, -0.2) is 33.2 Å². The lowest BCUT2D eigenvalue weighted by molar-refractivity contribution is 0.0916. The maximum Gasteiger partial charge on any atom is 0.262 e. The number of carbonyl (C=O) groups is 1. The summed E-state index contributed by atoms with van der Waals surface area (Å²) >= 11 is 5.19. The molecule has 3 N–H and O–H groups in total. The van der Waals surface area contributed by atoms with E-state index < -0.39 is 0 Å². The van der Waals surface area contributed by atoms with Gasteiger partial charge in [-0.2, -0.15) is 0 Å². The minimum atomic E-state index is -0.233. The standard InChI is InChI=1S/C17H23N3O3S/c1-4-20-16(23)12-6-5-11(9-14(12)19-17(20)24)15(22)18-13(7-8-21)10(2)3/h5-6,9-10,13,21H,4,7-8H2,1-3H3,(H,18,22)(H,19,24)/t13-/m1/s1. The van der Waals surface area contributed by atoms with Gasteiger partial charge in [0.1, 0.15) is 0 Å². The number of aromatic nitrogens is 2. The Bertz CT molecular complexity index is 854. The van der Waals surface area contributed by atoms with E-state index >= 15 is 0 Å². The highest BCUT2D eigenvalue weighted by molar-refractivity contribution is 7.71. The first-order chi connectivity index (χ1) is 11.4. The maximum absolute atomic E-state index is 12.5. The van der Waals surface area contributed by atoms with Gasteiger partial charge in [0.05, 0.1) is 10.9 Å². The van der Waals surface area contributed by atoms with Crippen molar-refractivity contribution in [3.63, 3.8) is 0 Å². The van der Waals surface area contributed by atoms with Gasteiger partial charge in [0.2, 0.25) is 0 Å². The Morgan fingerprint density at radius 2 is 2.12 bits per heavy atom. The number of hydrogen-bond acceptors (Lipinski definition) is 4. The minimum Gasteiger partial charge on any atom is -0.396 e. The SMILES string of the molecule is CCn1c(=S)[nH]c2cc(C(=O)N[C@H](CCO)C(C)C)ccc2c1=O. The van der Waals surface area contributed by atoms with E-state index in [1.54, 1.807) is 18.2 Å². The number of aliphatic hydroxyl groups is 1. The van der Waals surface area contributed by atoms with Crippen LogP contribution in [0, 0.1) is 10.7 Å². The second-order valence-electron chi connectivity index (χ2n) is 6.08. The second kappa shape index (κ2) is 7.72. The molecular weight excluding hydrogens is 326 g/mol. The number of nitrogens with one attached hydrogen (secondary N) is 2. The molecule has 1 aromatic heterocycles. The fourth-order valence-electron chi connectivity index (χ4n) is 2.65. The Balaban J connectivity index is 2.39. The van der Waals surface area contributed by atoms with Crippen LogP contribution < -0.4 is 10.9 Å². The van der Waals surface area contributed by atoms with Crippen molar-refractivity contribution in [3.05, 3.63) is 38.9 Å². The van der Waals surface area contributed by atoms with E-state index in [4.69, 9.17) is 17.3 Å². The number of amides is 1. The summed E-state index contributed by atoms with van der Waals surface area (Å²) in [7, 11) is 0. The number of aromatic amines is 1. The zero-order valence-electron chi connectivity index (χ0n) is 14.1. The molecule has 2 aromatic rings. The number of aliphatic hydroxyl groups excluding tert-OH is 1. The lowest BCUT2D eigenvalue weighted by atomic mass is 10.0. The lowest BCUT2D eigenvalue weighted by Crippen LogP contribution is -2.39. The van der Waals surface area contributed by atoms with Crippen molar-refractivity contribution in [2.45, 2.75) is 39.8 Å². The molecule has 0 bridgehead atoms. The lowest BCUT2D eigenvalue weighted by Gasteiger charge is -2.21. The molecule has 7 heteroatoms. The highest BCUT2D eigenvalue weighted by atomic mass is 32.1. The van der Waals surface area contributed by atoms with Gasteiger partial charge in [0.15, 0.2) is 4.77 Å². The van der Waals surface area contributed by atoms with Crippen LogP contribution in [0.3, 0.4) is 0 Å². The monoisotopic (exact) mass is 349 g/mol. The van der Waals surface area contributed by atoms with E-state index in [2.05, 4.69) is 10.3 Å². The Morgan fingerprint density at radius 3 is 2.71 bits per heavy atom. The van der Waals surface area contributed by atoms with E-state index in [9.17, 15) is 9.59 Å².